The van der Waals surface area contributed by atoms with Crippen molar-refractivity contribution >= 4 is 17.7 Å². The van der Waals surface area contributed by atoms with E-state index in [-0.39, 0.29) is 5.78 Å². The summed E-state index contributed by atoms with van der Waals surface area (Å²) < 4.78 is 0. The van der Waals surface area contributed by atoms with Gasteiger partial charge in [0.1, 0.15) is 0 Å². The molecule has 0 spiro atoms. The normalized spacial score (nSPS) is 22.2. The molecule has 0 saturated carbocycles. The molecule has 0 aliphatic carbocycles. The minimum absolute atomic E-state index is 0.135. The summed E-state index contributed by atoms with van der Waals surface area (Å²) in [6.07, 6.45) is 5.04. The lowest BCUT2D eigenvalue weighted by Crippen LogP contribution is -2.25. The number of hydrogen-bond donors (Lipinski definition) is 1. The maximum Gasteiger partial charge on any atom is 0.170 e. The van der Waals surface area contributed by atoms with E-state index in [2.05, 4.69) is 27.2 Å². The van der Waals surface area contributed by atoms with Crippen molar-refractivity contribution in [3.63, 3.8) is 0 Å². The van der Waals surface area contributed by atoms with E-state index >= 15 is 0 Å². The number of fused-ring (bicyclic) bond motifs is 1. The number of aromatic nitrogens is 1. The lowest BCUT2D eigenvalue weighted by molar-refractivity contribution is 0.100. The third-order valence-corrected chi connectivity index (χ3v) is 4.01. The average molecular weight is 272 g/mol. The third-order valence-electron chi connectivity index (χ3n) is 4.01. The van der Waals surface area contributed by atoms with E-state index in [4.69, 9.17) is 0 Å². The van der Waals surface area contributed by atoms with Crippen molar-refractivity contribution in [3.8, 4) is 0 Å². The summed E-state index contributed by atoms with van der Waals surface area (Å²) in [6.45, 7) is 4.01. The second-order valence-corrected chi connectivity index (χ2v) is 5.64. The van der Waals surface area contributed by atoms with Crippen LogP contribution in [0.2, 0.25) is 0 Å². The van der Waals surface area contributed by atoms with Gasteiger partial charge in [0.15, 0.2) is 5.78 Å². The molecule has 3 rings (SSSR count). The number of carbonyl (C=O) groups is 1. The van der Waals surface area contributed by atoms with Gasteiger partial charge >= 0.3 is 0 Å². The Kier molecular flexibility index (Phi) is 3.89. The Hall–Kier alpha value is -1.59. The number of nitrogens with zero attached hydrogens (tertiary/aromatic N) is 3. The van der Waals surface area contributed by atoms with Gasteiger partial charge in [-0.15, -0.1) is 0 Å². The molecule has 0 aromatic carbocycles. The molecule has 2 aliphatic rings. The van der Waals surface area contributed by atoms with E-state index in [1.54, 1.807) is 18.5 Å². The Labute approximate surface area is 119 Å². The number of Topliss-reactive ketones (excluding diaryl/α,β-unsaturated/α-hetero) is 1. The van der Waals surface area contributed by atoms with Gasteiger partial charge in [0, 0.05) is 37.5 Å². The Morgan fingerprint density at radius 1 is 1.50 bits per heavy atom. The number of aliphatic imine (C=N–C) groups is 1. The summed E-state index contributed by atoms with van der Waals surface area (Å²) in [5.41, 5.74) is 2.33. The molecule has 5 nitrogen and oxygen atoms in total. The van der Waals surface area contributed by atoms with Crippen LogP contribution >= 0.6 is 0 Å². The van der Waals surface area contributed by atoms with Crippen molar-refractivity contribution in [1.82, 2.24) is 15.2 Å². The van der Waals surface area contributed by atoms with Crippen LogP contribution in [0.1, 0.15) is 28.9 Å². The first-order chi connectivity index (χ1) is 9.74. The summed E-state index contributed by atoms with van der Waals surface area (Å²) in [5, 5.41) is 3.45. The van der Waals surface area contributed by atoms with E-state index in [1.165, 1.54) is 13.0 Å². The predicted octanol–water partition coefficient (Wildman–Crippen LogP) is 1.41. The zero-order chi connectivity index (χ0) is 13.9. The summed E-state index contributed by atoms with van der Waals surface area (Å²) in [5.74, 6) is 0.848. The smallest absolute Gasteiger partial charge is 0.170 e. The molecule has 20 heavy (non-hydrogen) atoms. The number of nitrogens with one attached hydrogen (secondary N) is 1. The molecule has 1 fully saturated rings. The van der Waals surface area contributed by atoms with E-state index in [0.29, 0.717) is 24.4 Å². The van der Waals surface area contributed by atoms with Crippen LogP contribution in [0.5, 0.6) is 0 Å². The number of ketones is 1. The maximum absolute atomic E-state index is 11.8. The van der Waals surface area contributed by atoms with Gasteiger partial charge in [-0.05, 0) is 38.5 Å². The van der Waals surface area contributed by atoms with Crippen molar-refractivity contribution in [2.45, 2.75) is 19.4 Å². The Morgan fingerprint density at radius 2 is 2.40 bits per heavy atom. The molecule has 1 aromatic rings. The molecule has 1 saturated heterocycles. The molecular weight excluding hydrogens is 252 g/mol. The first-order valence-electron chi connectivity index (χ1n) is 7.17. The highest BCUT2D eigenvalue weighted by atomic mass is 16.1. The van der Waals surface area contributed by atoms with Crippen LogP contribution < -0.4 is 5.32 Å². The molecule has 3 heterocycles. The molecule has 1 unspecified atom stereocenters. The molecule has 1 atom stereocenters. The highest BCUT2D eigenvalue weighted by Gasteiger charge is 2.20. The molecular formula is C15H20N4O. The van der Waals surface area contributed by atoms with Gasteiger partial charge < -0.3 is 10.2 Å². The fraction of sp³-hybridized carbons (Fsp3) is 0.533. The van der Waals surface area contributed by atoms with Crippen LogP contribution in [0, 0.1) is 5.92 Å². The zero-order valence-corrected chi connectivity index (χ0v) is 11.8. The zero-order valence-electron chi connectivity index (χ0n) is 11.8. The molecule has 0 amide bonds. The minimum atomic E-state index is 0.135. The highest BCUT2D eigenvalue weighted by molar-refractivity contribution is 6.10. The van der Waals surface area contributed by atoms with Crippen LogP contribution in [0.15, 0.2) is 17.3 Å². The number of rotatable bonds is 4. The van der Waals surface area contributed by atoms with Gasteiger partial charge in [-0.3, -0.25) is 14.8 Å². The fourth-order valence-corrected chi connectivity index (χ4v) is 2.91. The minimum Gasteiger partial charge on any atom is -0.311 e. The van der Waals surface area contributed by atoms with E-state index < -0.39 is 0 Å². The summed E-state index contributed by atoms with van der Waals surface area (Å²) >= 11 is 0. The second kappa shape index (κ2) is 5.81. The van der Waals surface area contributed by atoms with Crippen LogP contribution in [0.25, 0.3) is 0 Å². The fourth-order valence-electron chi connectivity index (χ4n) is 2.91. The first-order valence-corrected chi connectivity index (χ1v) is 7.17. The van der Waals surface area contributed by atoms with Gasteiger partial charge in [0.25, 0.3) is 0 Å². The highest BCUT2D eigenvalue weighted by Crippen LogP contribution is 2.26. The van der Waals surface area contributed by atoms with E-state index in [9.17, 15) is 4.79 Å². The molecule has 0 bridgehead atoms. The number of carbonyl (C=O) groups excluding carboxylic acids is 1. The summed E-state index contributed by atoms with van der Waals surface area (Å²) in [4.78, 5) is 22.9. The summed E-state index contributed by atoms with van der Waals surface area (Å²) in [7, 11) is 2.16. The van der Waals surface area contributed by atoms with E-state index in [0.717, 1.165) is 24.5 Å². The topological polar surface area (TPSA) is 57.6 Å². The van der Waals surface area contributed by atoms with Crippen LogP contribution in [-0.4, -0.2) is 48.6 Å². The van der Waals surface area contributed by atoms with Gasteiger partial charge in [0.2, 0.25) is 0 Å². The monoisotopic (exact) mass is 272 g/mol. The molecule has 1 N–H and O–H groups in total. The lowest BCUT2D eigenvalue weighted by atomic mass is 10.0. The van der Waals surface area contributed by atoms with Gasteiger partial charge in [0.05, 0.1) is 11.4 Å². The van der Waals surface area contributed by atoms with Crippen molar-refractivity contribution in [3.05, 3.63) is 23.5 Å². The van der Waals surface area contributed by atoms with Gasteiger partial charge in [-0.25, -0.2) is 0 Å². The van der Waals surface area contributed by atoms with Gasteiger partial charge in [-0.1, -0.05) is 0 Å². The number of likely N-dealkylation sites (tertiary alicyclic amines) is 1. The van der Waals surface area contributed by atoms with Gasteiger partial charge in [-0.2, -0.15) is 0 Å². The molecule has 106 valence electrons. The standard InChI is InChI=1S/C15H20N4O/c1-19-7-4-11(10-19)8-16-9-13-15-12(2-5-17-13)14(20)3-6-18-15/h2,5-6,11,16H,3-4,7-10H2,1H3. The largest absolute Gasteiger partial charge is 0.311 e. The molecule has 5 heteroatoms. The molecule has 0 radical (unpaired) electrons. The van der Waals surface area contributed by atoms with Crippen molar-refractivity contribution in [2.24, 2.45) is 10.9 Å². The SMILES string of the molecule is CN1CCC(CNCc2nccc3c2N=CCC3=O)C1. The quantitative estimate of drug-likeness (QED) is 0.900. The Balaban J connectivity index is 1.62. The average Bonchev–Trinajstić information content (AvgIpc) is 2.86. The van der Waals surface area contributed by atoms with Crippen LogP contribution in [-0.2, 0) is 6.54 Å². The van der Waals surface area contributed by atoms with Crippen molar-refractivity contribution < 1.29 is 4.79 Å². The number of pyridine rings is 1. The first kappa shape index (κ1) is 13.4. The molecule has 1 aromatic heterocycles. The molecule has 2 aliphatic heterocycles. The Morgan fingerprint density at radius 3 is 3.20 bits per heavy atom. The van der Waals surface area contributed by atoms with Crippen LogP contribution in [0.4, 0.5) is 5.69 Å². The summed E-state index contributed by atoms with van der Waals surface area (Å²) in [6, 6.07) is 1.77. The second-order valence-electron chi connectivity index (χ2n) is 5.64. The lowest BCUT2D eigenvalue weighted by Gasteiger charge is -2.14. The van der Waals surface area contributed by atoms with E-state index in [1.807, 2.05) is 0 Å². The Bertz CT molecular complexity index is 541. The van der Waals surface area contributed by atoms with Crippen LogP contribution in [0.3, 0.4) is 0 Å². The third kappa shape index (κ3) is 2.78. The maximum atomic E-state index is 11.8. The number of hydrogen-bond acceptors (Lipinski definition) is 5. The van der Waals surface area contributed by atoms with Crippen molar-refractivity contribution in [2.75, 3.05) is 26.7 Å². The predicted molar refractivity (Wildman–Crippen MR) is 78.6 cm³/mol. The van der Waals surface area contributed by atoms with Crippen molar-refractivity contribution in [1.29, 1.82) is 0 Å².